The van der Waals surface area contributed by atoms with Crippen LogP contribution in [-0.2, 0) is 14.3 Å². The monoisotopic (exact) mass is 315 g/mol. The van der Waals surface area contributed by atoms with Crippen molar-refractivity contribution < 1.29 is 19.1 Å². The van der Waals surface area contributed by atoms with Crippen LogP contribution in [0.25, 0.3) is 0 Å². The Bertz CT molecular complexity index is 584. The molecule has 0 bridgehead atoms. The molecule has 23 heavy (non-hydrogen) atoms. The topological polar surface area (TPSA) is 55.8 Å². The molecule has 1 aliphatic heterocycles. The van der Waals surface area contributed by atoms with Crippen LogP contribution in [0.5, 0.6) is 5.75 Å². The molecule has 122 valence electrons. The second-order valence-electron chi connectivity index (χ2n) is 5.29. The minimum atomic E-state index is -0.679. The molecule has 1 aromatic carbocycles. The van der Waals surface area contributed by atoms with E-state index in [1.807, 2.05) is 18.2 Å². The highest BCUT2D eigenvalue weighted by atomic mass is 16.6. The van der Waals surface area contributed by atoms with Crippen molar-refractivity contribution in [2.75, 3.05) is 6.54 Å². The van der Waals surface area contributed by atoms with Gasteiger partial charge in [0.25, 0.3) is 5.91 Å². The normalized spacial score (nSPS) is 21.1. The Morgan fingerprint density at radius 3 is 2.57 bits per heavy atom. The number of hydrogen-bond acceptors (Lipinski definition) is 4. The van der Waals surface area contributed by atoms with Gasteiger partial charge in [0.1, 0.15) is 17.9 Å². The van der Waals surface area contributed by atoms with Crippen LogP contribution in [0.15, 0.2) is 55.6 Å². The van der Waals surface area contributed by atoms with Crippen molar-refractivity contribution in [1.29, 1.82) is 0 Å². The maximum absolute atomic E-state index is 12.3. The van der Waals surface area contributed by atoms with E-state index in [4.69, 9.17) is 9.47 Å². The molecule has 0 aromatic heterocycles. The van der Waals surface area contributed by atoms with Gasteiger partial charge in [0.15, 0.2) is 0 Å². The fraction of sp³-hybridized carbons (Fsp3) is 0.333. The van der Waals surface area contributed by atoms with Gasteiger partial charge in [-0.15, -0.1) is 13.2 Å². The molecule has 0 spiro atoms. The van der Waals surface area contributed by atoms with Gasteiger partial charge in [-0.2, -0.15) is 0 Å². The lowest BCUT2D eigenvalue weighted by molar-refractivity contribution is -0.179. The lowest BCUT2D eigenvalue weighted by atomic mass is 9.90. The fourth-order valence-electron chi connectivity index (χ4n) is 2.68. The lowest BCUT2D eigenvalue weighted by Gasteiger charge is -2.48. The molecule has 1 heterocycles. The summed E-state index contributed by atoms with van der Waals surface area (Å²) in [4.78, 5) is 25.3. The zero-order chi connectivity index (χ0) is 16.8. The van der Waals surface area contributed by atoms with E-state index in [1.165, 1.54) is 6.92 Å². The van der Waals surface area contributed by atoms with Crippen LogP contribution in [0.4, 0.5) is 0 Å². The van der Waals surface area contributed by atoms with Crippen molar-refractivity contribution in [3.8, 4) is 5.75 Å². The Balaban J connectivity index is 2.20. The van der Waals surface area contributed by atoms with Crippen LogP contribution in [0.2, 0.25) is 0 Å². The quantitative estimate of drug-likeness (QED) is 0.420. The second kappa shape index (κ2) is 7.63. The molecule has 1 aliphatic rings. The Labute approximate surface area is 136 Å². The third kappa shape index (κ3) is 3.80. The van der Waals surface area contributed by atoms with E-state index in [9.17, 15) is 9.59 Å². The van der Waals surface area contributed by atoms with Crippen LogP contribution in [0.1, 0.15) is 13.3 Å². The van der Waals surface area contributed by atoms with Gasteiger partial charge in [-0.1, -0.05) is 30.4 Å². The number of amides is 1. The summed E-state index contributed by atoms with van der Waals surface area (Å²) in [7, 11) is 0. The predicted molar refractivity (Wildman–Crippen MR) is 86.9 cm³/mol. The first-order valence-electron chi connectivity index (χ1n) is 7.49. The highest BCUT2D eigenvalue weighted by molar-refractivity contribution is 5.89. The van der Waals surface area contributed by atoms with E-state index in [-0.39, 0.29) is 11.9 Å². The van der Waals surface area contributed by atoms with Crippen LogP contribution in [-0.4, -0.2) is 41.6 Å². The summed E-state index contributed by atoms with van der Waals surface area (Å²) in [6.45, 7) is 9.09. The number of likely N-dealkylation sites (tertiary alicyclic amines) is 1. The summed E-state index contributed by atoms with van der Waals surface area (Å²) in [5.41, 5.74) is 0. The highest BCUT2D eigenvalue weighted by Crippen LogP contribution is 2.30. The van der Waals surface area contributed by atoms with Gasteiger partial charge in [0.05, 0.1) is 0 Å². The van der Waals surface area contributed by atoms with E-state index in [0.29, 0.717) is 18.7 Å². The molecule has 2 rings (SSSR count). The first kappa shape index (κ1) is 16.8. The highest BCUT2D eigenvalue weighted by Gasteiger charge is 2.53. The van der Waals surface area contributed by atoms with E-state index >= 15 is 0 Å². The zero-order valence-corrected chi connectivity index (χ0v) is 13.2. The SMILES string of the molecule is C=CCC(OC(C)=O)[C@H]1[C@@H](Oc2ccccc2)C(=O)N1CC=C. The van der Waals surface area contributed by atoms with Gasteiger partial charge in [0, 0.05) is 19.9 Å². The zero-order valence-electron chi connectivity index (χ0n) is 13.2. The number of hydrogen-bond donors (Lipinski definition) is 0. The summed E-state index contributed by atoms with van der Waals surface area (Å²) >= 11 is 0. The molecule has 3 atom stereocenters. The minimum Gasteiger partial charge on any atom is -0.478 e. The minimum absolute atomic E-state index is 0.139. The first-order valence-corrected chi connectivity index (χ1v) is 7.49. The number of carbonyl (C=O) groups is 2. The molecule has 1 fully saturated rings. The third-order valence-electron chi connectivity index (χ3n) is 3.63. The van der Waals surface area contributed by atoms with Gasteiger partial charge >= 0.3 is 5.97 Å². The summed E-state index contributed by atoms with van der Waals surface area (Å²) in [5.74, 6) is 0.0717. The number of para-hydroxylation sites is 1. The molecule has 0 saturated carbocycles. The maximum atomic E-state index is 12.3. The number of benzene rings is 1. The third-order valence-corrected chi connectivity index (χ3v) is 3.63. The summed E-state index contributed by atoms with van der Waals surface area (Å²) in [5, 5.41) is 0. The van der Waals surface area contributed by atoms with E-state index in [0.717, 1.165) is 0 Å². The van der Waals surface area contributed by atoms with Crippen molar-refractivity contribution in [1.82, 2.24) is 4.90 Å². The number of esters is 1. The molecule has 0 radical (unpaired) electrons. The van der Waals surface area contributed by atoms with E-state index < -0.39 is 18.2 Å². The average Bonchev–Trinajstić information content (AvgIpc) is 2.53. The van der Waals surface area contributed by atoms with Gasteiger partial charge in [-0.3, -0.25) is 9.59 Å². The van der Waals surface area contributed by atoms with E-state index in [2.05, 4.69) is 13.2 Å². The lowest BCUT2D eigenvalue weighted by Crippen LogP contribution is -2.71. The van der Waals surface area contributed by atoms with Crippen molar-refractivity contribution in [3.63, 3.8) is 0 Å². The summed E-state index contributed by atoms with van der Waals surface area (Å²) in [6, 6.07) is 8.76. The average molecular weight is 315 g/mol. The van der Waals surface area contributed by atoms with Crippen LogP contribution in [0.3, 0.4) is 0 Å². The molecule has 1 amide bonds. The Morgan fingerprint density at radius 2 is 2.00 bits per heavy atom. The number of rotatable bonds is 8. The molecule has 1 aromatic rings. The number of β-lactam (4-membered cyclic amide) rings is 1. The smallest absolute Gasteiger partial charge is 0.302 e. The van der Waals surface area contributed by atoms with Crippen molar-refractivity contribution in [3.05, 3.63) is 55.6 Å². The Kier molecular flexibility index (Phi) is 5.57. The molecule has 5 heteroatoms. The van der Waals surface area contributed by atoms with Gasteiger partial charge < -0.3 is 14.4 Å². The Morgan fingerprint density at radius 1 is 1.30 bits per heavy atom. The number of ether oxygens (including phenoxy) is 2. The molecule has 0 aliphatic carbocycles. The Hall–Kier alpha value is -2.56. The largest absolute Gasteiger partial charge is 0.478 e. The molecule has 5 nitrogen and oxygen atoms in total. The van der Waals surface area contributed by atoms with Crippen molar-refractivity contribution >= 4 is 11.9 Å². The van der Waals surface area contributed by atoms with Crippen molar-refractivity contribution in [2.45, 2.75) is 31.6 Å². The summed E-state index contributed by atoms with van der Waals surface area (Å²) < 4.78 is 11.2. The predicted octanol–water partition coefficient (Wildman–Crippen LogP) is 2.34. The van der Waals surface area contributed by atoms with Crippen LogP contribution >= 0.6 is 0 Å². The molecule has 1 saturated heterocycles. The van der Waals surface area contributed by atoms with Crippen LogP contribution in [0, 0.1) is 0 Å². The standard InChI is InChI=1S/C18H21NO4/c1-4-9-15(22-13(3)20)16-17(18(21)19(16)12-5-2)23-14-10-7-6-8-11-14/h4-8,10-11,15-17H,1-2,9,12H2,3H3/t15?,16-,17+/m0/s1. The van der Waals surface area contributed by atoms with Crippen molar-refractivity contribution in [2.24, 2.45) is 0 Å². The first-order chi connectivity index (χ1) is 11.1. The molecule has 0 N–H and O–H groups in total. The van der Waals surface area contributed by atoms with Gasteiger partial charge in [-0.05, 0) is 12.1 Å². The van der Waals surface area contributed by atoms with E-state index in [1.54, 1.807) is 29.2 Å². The maximum Gasteiger partial charge on any atom is 0.302 e. The van der Waals surface area contributed by atoms with Gasteiger partial charge in [-0.25, -0.2) is 0 Å². The number of carbonyl (C=O) groups excluding carboxylic acids is 2. The molecular formula is C18H21NO4. The number of nitrogens with zero attached hydrogens (tertiary/aromatic N) is 1. The second-order valence-corrected chi connectivity index (χ2v) is 5.29. The fourth-order valence-corrected chi connectivity index (χ4v) is 2.68. The van der Waals surface area contributed by atoms with Gasteiger partial charge in [0.2, 0.25) is 6.10 Å². The van der Waals surface area contributed by atoms with Crippen LogP contribution < -0.4 is 4.74 Å². The molecule has 1 unspecified atom stereocenters. The summed E-state index contributed by atoms with van der Waals surface area (Å²) in [6.07, 6.45) is 2.59. The molecular weight excluding hydrogens is 294 g/mol.